The number of thiazole rings is 1. The molecule has 0 saturated carbocycles. The van der Waals surface area contributed by atoms with Gasteiger partial charge >= 0.3 is 0 Å². The van der Waals surface area contributed by atoms with Gasteiger partial charge in [0.15, 0.2) is 5.13 Å². The number of aromatic nitrogens is 1. The van der Waals surface area contributed by atoms with Crippen molar-refractivity contribution in [3.8, 4) is 0 Å². The standard InChI is InChI=1S/C14H27N3OS/c1-7-10(2)17(8-9-18-6)14-16-12(4)13(19-14)11(3)15-5/h10-11,15H,7-9H2,1-6H3. The van der Waals surface area contributed by atoms with Crippen LogP contribution in [0.4, 0.5) is 5.13 Å². The largest absolute Gasteiger partial charge is 0.383 e. The van der Waals surface area contributed by atoms with Gasteiger partial charge in [0.2, 0.25) is 0 Å². The van der Waals surface area contributed by atoms with Gasteiger partial charge in [0.05, 0.1) is 12.3 Å². The molecule has 0 aliphatic rings. The molecule has 0 spiro atoms. The molecule has 2 unspecified atom stereocenters. The van der Waals surface area contributed by atoms with Crippen LogP contribution in [0, 0.1) is 6.92 Å². The normalized spacial score (nSPS) is 14.4. The molecule has 0 aromatic carbocycles. The van der Waals surface area contributed by atoms with Gasteiger partial charge in [0.25, 0.3) is 0 Å². The van der Waals surface area contributed by atoms with E-state index in [4.69, 9.17) is 9.72 Å². The zero-order valence-electron chi connectivity index (χ0n) is 13.0. The molecule has 0 fully saturated rings. The van der Waals surface area contributed by atoms with Crippen LogP contribution < -0.4 is 10.2 Å². The first-order chi connectivity index (χ1) is 9.04. The molecule has 19 heavy (non-hydrogen) atoms. The van der Waals surface area contributed by atoms with E-state index in [0.717, 1.165) is 30.4 Å². The number of nitrogens with one attached hydrogen (secondary N) is 1. The first-order valence-electron chi connectivity index (χ1n) is 6.95. The van der Waals surface area contributed by atoms with Crippen molar-refractivity contribution in [1.29, 1.82) is 0 Å². The summed E-state index contributed by atoms with van der Waals surface area (Å²) in [5, 5.41) is 4.40. The van der Waals surface area contributed by atoms with E-state index >= 15 is 0 Å². The van der Waals surface area contributed by atoms with E-state index in [2.05, 4.69) is 37.9 Å². The number of aryl methyl sites for hydroxylation is 1. The van der Waals surface area contributed by atoms with Gasteiger partial charge in [-0.3, -0.25) is 0 Å². The Kier molecular flexibility index (Phi) is 6.75. The van der Waals surface area contributed by atoms with Crippen molar-refractivity contribution in [2.75, 3.05) is 32.2 Å². The Labute approximate surface area is 121 Å². The third-order valence-corrected chi connectivity index (χ3v) is 4.93. The van der Waals surface area contributed by atoms with Crippen LogP contribution in [-0.2, 0) is 4.74 Å². The number of hydrogen-bond donors (Lipinski definition) is 1. The minimum Gasteiger partial charge on any atom is -0.383 e. The van der Waals surface area contributed by atoms with E-state index < -0.39 is 0 Å². The van der Waals surface area contributed by atoms with Gasteiger partial charge in [0, 0.05) is 30.6 Å². The van der Waals surface area contributed by atoms with Crippen LogP contribution in [-0.4, -0.2) is 38.3 Å². The Balaban J connectivity index is 2.95. The number of hydrogen-bond acceptors (Lipinski definition) is 5. The van der Waals surface area contributed by atoms with Gasteiger partial charge in [-0.1, -0.05) is 6.92 Å². The quantitative estimate of drug-likeness (QED) is 0.797. The summed E-state index contributed by atoms with van der Waals surface area (Å²) < 4.78 is 5.22. The maximum Gasteiger partial charge on any atom is 0.186 e. The monoisotopic (exact) mass is 285 g/mol. The predicted molar refractivity (Wildman–Crippen MR) is 83.3 cm³/mol. The maximum absolute atomic E-state index is 5.22. The van der Waals surface area contributed by atoms with E-state index in [1.165, 1.54) is 4.88 Å². The highest BCUT2D eigenvalue weighted by molar-refractivity contribution is 7.15. The van der Waals surface area contributed by atoms with Crippen molar-refractivity contribution in [2.45, 2.75) is 46.2 Å². The summed E-state index contributed by atoms with van der Waals surface area (Å²) in [7, 11) is 3.73. The third kappa shape index (κ3) is 4.16. The van der Waals surface area contributed by atoms with Crippen molar-refractivity contribution in [3.05, 3.63) is 10.6 Å². The Morgan fingerprint density at radius 1 is 1.42 bits per heavy atom. The van der Waals surface area contributed by atoms with Crippen LogP contribution in [0.15, 0.2) is 0 Å². The lowest BCUT2D eigenvalue weighted by Crippen LogP contribution is -2.35. The number of anilines is 1. The number of nitrogens with zero attached hydrogens (tertiary/aromatic N) is 2. The van der Waals surface area contributed by atoms with Crippen molar-refractivity contribution in [3.63, 3.8) is 0 Å². The van der Waals surface area contributed by atoms with E-state index in [0.29, 0.717) is 12.1 Å². The number of rotatable bonds is 8. The van der Waals surface area contributed by atoms with Crippen molar-refractivity contribution in [2.24, 2.45) is 0 Å². The van der Waals surface area contributed by atoms with E-state index in [1.54, 1.807) is 18.4 Å². The van der Waals surface area contributed by atoms with Crippen LogP contribution in [0.1, 0.15) is 43.8 Å². The van der Waals surface area contributed by atoms with Gasteiger partial charge < -0.3 is 15.0 Å². The van der Waals surface area contributed by atoms with Crippen LogP contribution in [0.5, 0.6) is 0 Å². The Bertz CT molecular complexity index is 381. The molecule has 0 aliphatic heterocycles. The lowest BCUT2D eigenvalue weighted by Gasteiger charge is -2.27. The fraction of sp³-hybridized carbons (Fsp3) is 0.786. The molecule has 1 heterocycles. The van der Waals surface area contributed by atoms with Crippen molar-refractivity contribution < 1.29 is 4.74 Å². The molecule has 1 rings (SSSR count). The summed E-state index contributed by atoms with van der Waals surface area (Å²) in [5.74, 6) is 0. The SMILES string of the molecule is CCC(C)N(CCOC)c1nc(C)c(C(C)NC)s1. The van der Waals surface area contributed by atoms with Gasteiger partial charge in [-0.2, -0.15) is 0 Å². The zero-order chi connectivity index (χ0) is 14.4. The maximum atomic E-state index is 5.22. The second kappa shape index (κ2) is 7.82. The predicted octanol–water partition coefficient (Wildman–Crippen LogP) is 2.98. The first-order valence-corrected chi connectivity index (χ1v) is 7.76. The van der Waals surface area contributed by atoms with Crippen LogP contribution in [0.3, 0.4) is 0 Å². The smallest absolute Gasteiger partial charge is 0.186 e. The molecular formula is C14H27N3OS. The van der Waals surface area contributed by atoms with Gasteiger partial charge in [-0.25, -0.2) is 4.98 Å². The Morgan fingerprint density at radius 2 is 2.11 bits per heavy atom. The summed E-state index contributed by atoms with van der Waals surface area (Å²) in [6, 6.07) is 0.839. The van der Waals surface area contributed by atoms with Crippen LogP contribution >= 0.6 is 11.3 Å². The molecule has 1 aromatic heterocycles. The molecular weight excluding hydrogens is 258 g/mol. The fourth-order valence-electron chi connectivity index (χ4n) is 1.96. The average molecular weight is 285 g/mol. The molecule has 0 saturated heterocycles. The second-order valence-electron chi connectivity index (χ2n) is 4.90. The number of methoxy groups -OCH3 is 1. The first kappa shape index (κ1) is 16.4. The van der Waals surface area contributed by atoms with Gasteiger partial charge in [-0.05, 0) is 34.2 Å². The van der Waals surface area contributed by atoms with E-state index in [1.807, 2.05) is 7.05 Å². The van der Waals surface area contributed by atoms with Gasteiger partial charge in [0.1, 0.15) is 0 Å². The summed E-state index contributed by atoms with van der Waals surface area (Å²) in [6.07, 6.45) is 1.11. The van der Waals surface area contributed by atoms with E-state index in [9.17, 15) is 0 Å². The molecule has 0 amide bonds. The highest BCUT2D eigenvalue weighted by Crippen LogP contribution is 2.31. The summed E-state index contributed by atoms with van der Waals surface area (Å²) >= 11 is 1.79. The molecule has 0 radical (unpaired) electrons. The van der Waals surface area contributed by atoms with Crippen LogP contribution in [0.2, 0.25) is 0 Å². The van der Waals surface area contributed by atoms with Crippen LogP contribution in [0.25, 0.3) is 0 Å². The molecule has 0 aliphatic carbocycles. The summed E-state index contributed by atoms with van der Waals surface area (Å²) in [4.78, 5) is 8.43. The molecule has 0 bridgehead atoms. The Morgan fingerprint density at radius 3 is 2.63 bits per heavy atom. The molecule has 5 heteroatoms. The summed E-state index contributed by atoms with van der Waals surface area (Å²) in [5.41, 5.74) is 1.13. The lowest BCUT2D eigenvalue weighted by atomic mass is 10.2. The second-order valence-corrected chi connectivity index (χ2v) is 5.91. The minimum atomic E-state index is 0.354. The molecule has 4 nitrogen and oxygen atoms in total. The fourth-order valence-corrected chi connectivity index (χ4v) is 3.22. The molecule has 110 valence electrons. The zero-order valence-corrected chi connectivity index (χ0v) is 13.8. The third-order valence-electron chi connectivity index (χ3n) is 3.55. The topological polar surface area (TPSA) is 37.4 Å². The van der Waals surface area contributed by atoms with Crippen molar-refractivity contribution in [1.82, 2.24) is 10.3 Å². The van der Waals surface area contributed by atoms with E-state index in [-0.39, 0.29) is 0 Å². The molecule has 1 aromatic rings. The Hall–Kier alpha value is -0.650. The summed E-state index contributed by atoms with van der Waals surface area (Å²) in [6.45, 7) is 10.3. The molecule has 1 N–H and O–H groups in total. The molecule has 2 atom stereocenters. The minimum absolute atomic E-state index is 0.354. The lowest BCUT2D eigenvalue weighted by molar-refractivity contribution is 0.203. The van der Waals surface area contributed by atoms with Gasteiger partial charge in [-0.15, -0.1) is 11.3 Å². The van der Waals surface area contributed by atoms with Crippen molar-refractivity contribution >= 4 is 16.5 Å². The highest BCUT2D eigenvalue weighted by atomic mass is 32.1. The highest BCUT2D eigenvalue weighted by Gasteiger charge is 2.20. The number of ether oxygens (including phenoxy) is 1. The average Bonchev–Trinajstić information content (AvgIpc) is 2.79.